The minimum absolute atomic E-state index is 0.155. The van der Waals surface area contributed by atoms with Crippen LogP contribution in [0.15, 0.2) is 24.3 Å². The molecule has 0 fully saturated rings. The van der Waals surface area contributed by atoms with E-state index in [9.17, 15) is 18.7 Å². The van der Waals surface area contributed by atoms with Gasteiger partial charge in [0.15, 0.2) is 11.6 Å². The fourth-order valence-electron chi connectivity index (χ4n) is 1.88. The molecule has 1 aromatic carbocycles. The van der Waals surface area contributed by atoms with Gasteiger partial charge in [-0.3, -0.25) is 4.79 Å². The fraction of sp³-hybridized carbons (Fsp3) is 0.214. The van der Waals surface area contributed by atoms with Gasteiger partial charge in [0, 0.05) is 13.6 Å². The van der Waals surface area contributed by atoms with Crippen molar-refractivity contribution in [3.05, 3.63) is 57.3 Å². The molecule has 0 saturated carbocycles. The quantitative estimate of drug-likeness (QED) is 0.891. The molecule has 0 aliphatic heterocycles. The SMILES string of the molecule is Cn1c(C(=O)NCC(O)c2ccc(F)c(F)c2)cc(Cl)c1Cl. The van der Waals surface area contributed by atoms with Crippen LogP contribution in [-0.2, 0) is 7.05 Å². The summed E-state index contributed by atoms with van der Waals surface area (Å²) in [5.74, 6) is -2.57. The van der Waals surface area contributed by atoms with Crippen molar-refractivity contribution >= 4 is 29.1 Å². The molecule has 0 bridgehead atoms. The zero-order valence-corrected chi connectivity index (χ0v) is 12.9. The highest BCUT2D eigenvalue weighted by Crippen LogP contribution is 2.25. The Bertz CT molecular complexity index is 719. The van der Waals surface area contributed by atoms with Crippen molar-refractivity contribution in [1.82, 2.24) is 9.88 Å². The van der Waals surface area contributed by atoms with Crippen LogP contribution in [-0.4, -0.2) is 22.1 Å². The molecule has 22 heavy (non-hydrogen) atoms. The molecule has 0 radical (unpaired) electrons. The Balaban J connectivity index is 2.04. The summed E-state index contributed by atoms with van der Waals surface area (Å²) in [5.41, 5.74) is 0.370. The molecule has 1 aromatic heterocycles. The minimum atomic E-state index is -1.18. The van der Waals surface area contributed by atoms with E-state index in [-0.39, 0.29) is 28.0 Å². The average molecular weight is 349 g/mol. The highest BCUT2D eigenvalue weighted by atomic mass is 35.5. The Morgan fingerprint density at radius 3 is 2.55 bits per heavy atom. The molecular formula is C14H12Cl2F2N2O2. The summed E-state index contributed by atoms with van der Waals surface area (Å²) in [6.07, 6.45) is -1.18. The molecule has 4 nitrogen and oxygen atoms in total. The number of hydrogen-bond acceptors (Lipinski definition) is 2. The van der Waals surface area contributed by atoms with E-state index in [1.165, 1.54) is 16.7 Å². The highest BCUT2D eigenvalue weighted by molar-refractivity contribution is 6.41. The Morgan fingerprint density at radius 2 is 2.00 bits per heavy atom. The molecule has 1 atom stereocenters. The van der Waals surface area contributed by atoms with Crippen molar-refractivity contribution in [3.63, 3.8) is 0 Å². The van der Waals surface area contributed by atoms with Crippen LogP contribution in [0.5, 0.6) is 0 Å². The number of halogens is 4. The summed E-state index contributed by atoms with van der Waals surface area (Å²) in [5, 5.41) is 12.8. The lowest BCUT2D eigenvalue weighted by atomic mass is 10.1. The number of hydrogen-bond donors (Lipinski definition) is 2. The number of rotatable bonds is 4. The van der Waals surface area contributed by atoms with Gasteiger partial charge in [-0.05, 0) is 23.8 Å². The summed E-state index contributed by atoms with van der Waals surface area (Å²) in [7, 11) is 1.56. The molecule has 2 N–H and O–H groups in total. The number of benzene rings is 1. The van der Waals surface area contributed by atoms with E-state index >= 15 is 0 Å². The first-order valence-corrected chi connectivity index (χ1v) is 6.98. The van der Waals surface area contributed by atoms with Crippen molar-refractivity contribution < 1.29 is 18.7 Å². The maximum absolute atomic E-state index is 13.1. The number of nitrogens with zero attached hydrogens (tertiary/aromatic N) is 1. The molecule has 0 aliphatic rings. The number of aromatic nitrogens is 1. The molecule has 2 aromatic rings. The van der Waals surface area contributed by atoms with E-state index in [1.807, 2.05) is 0 Å². The third-order valence-corrected chi connectivity index (χ3v) is 3.98. The lowest BCUT2D eigenvalue weighted by Gasteiger charge is -2.13. The number of aliphatic hydroxyl groups excluding tert-OH is 1. The summed E-state index contributed by atoms with van der Waals surface area (Å²) >= 11 is 11.7. The van der Waals surface area contributed by atoms with E-state index in [4.69, 9.17) is 23.2 Å². The normalized spacial score (nSPS) is 12.3. The maximum Gasteiger partial charge on any atom is 0.268 e. The van der Waals surface area contributed by atoms with Gasteiger partial charge in [0.2, 0.25) is 0 Å². The Hall–Kier alpha value is -1.63. The second kappa shape index (κ2) is 6.64. The maximum atomic E-state index is 13.1. The van der Waals surface area contributed by atoms with Crippen molar-refractivity contribution in [2.24, 2.45) is 7.05 Å². The monoisotopic (exact) mass is 348 g/mol. The number of carbonyl (C=O) groups excluding carboxylic acids is 1. The second-order valence-corrected chi connectivity index (χ2v) is 5.39. The molecular weight excluding hydrogens is 337 g/mol. The fourth-order valence-corrected chi connectivity index (χ4v) is 2.25. The minimum Gasteiger partial charge on any atom is -0.387 e. The lowest BCUT2D eigenvalue weighted by molar-refractivity contribution is 0.0908. The van der Waals surface area contributed by atoms with Crippen LogP contribution >= 0.6 is 23.2 Å². The van der Waals surface area contributed by atoms with Crippen LogP contribution in [0, 0.1) is 11.6 Å². The average Bonchev–Trinajstić information content (AvgIpc) is 2.75. The first kappa shape index (κ1) is 16.7. The second-order valence-electron chi connectivity index (χ2n) is 4.63. The molecule has 1 heterocycles. The van der Waals surface area contributed by atoms with E-state index in [0.29, 0.717) is 0 Å². The topological polar surface area (TPSA) is 54.3 Å². The smallest absolute Gasteiger partial charge is 0.268 e. The third-order valence-electron chi connectivity index (χ3n) is 3.13. The highest BCUT2D eigenvalue weighted by Gasteiger charge is 2.17. The van der Waals surface area contributed by atoms with Gasteiger partial charge < -0.3 is 15.0 Å². The lowest BCUT2D eigenvalue weighted by Crippen LogP contribution is -2.29. The predicted octanol–water partition coefficient (Wildman–Crippen LogP) is 3.07. The van der Waals surface area contributed by atoms with E-state index in [1.54, 1.807) is 7.05 Å². The Kier molecular flexibility index (Phi) is 5.05. The Morgan fingerprint density at radius 1 is 1.32 bits per heavy atom. The van der Waals surface area contributed by atoms with Gasteiger partial charge in [-0.15, -0.1) is 0 Å². The van der Waals surface area contributed by atoms with Gasteiger partial charge in [0.1, 0.15) is 10.8 Å². The van der Waals surface area contributed by atoms with Crippen LogP contribution in [0.25, 0.3) is 0 Å². The van der Waals surface area contributed by atoms with Crippen LogP contribution in [0.3, 0.4) is 0 Å². The first-order valence-electron chi connectivity index (χ1n) is 6.23. The summed E-state index contributed by atoms with van der Waals surface area (Å²) in [6, 6.07) is 4.42. The number of nitrogens with one attached hydrogen (secondary N) is 1. The van der Waals surface area contributed by atoms with Crippen LogP contribution in [0.1, 0.15) is 22.2 Å². The third kappa shape index (κ3) is 3.40. The largest absolute Gasteiger partial charge is 0.387 e. The van der Waals surface area contributed by atoms with Gasteiger partial charge in [0.05, 0.1) is 11.1 Å². The van der Waals surface area contributed by atoms with Crippen molar-refractivity contribution in [2.45, 2.75) is 6.10 Å². The summed E-state index contributed by atoms with van der Waals surface area (Å²) in [4.78, 5) is 12.0. The van der Waals surface area contributed by atoms with Gasteiger partial charge in [-0.1, -0.05) is 29.3 Å². The summed E-state index contributed by atoms with van der Waals surface area (Å²) in [6.45, 7) is -0.176. The molecule has 0 aliphatic carbocycles. The molecule has 1 amide bonds. The molecule has 2 rings (SSSR count). The van der Waals surface area contributed by atoms with Gasteiger partial charge >= 0.3 is 0 Å². The molecule has 118 valence electrons. The van der Waals surface area contributed by atoms with Gasteiger partial charge in [-0.25, -0.2) is 8.78 Å². The van der Waals surface area contributed by atoms with Crippen molar-refractivity contribution in [1.29, 1.82) is 0 Å². The van der Waals surface area contributed by atoms with Gasteiger partial charge in [-0.2, -0.15) is 0 Å². The predicted molar refractivity (Wildman–Crippen MR) is 79.1 cm³/mol. The number of amides is 1. The molecule has 1 unspecified atom stereocenters. The number of aliphatic hydroxyl groups is 1. The molecule has 8 heteroatoms. The van der Waals surface area contributed by atoms with Crippen molar-refractivity contribution in [3.8, 4) is 0 Å². The zero-order chi connectivity index (χ0) is 16.4. The first-order chi connectivity index (χ1) is 10.3. The van der Waals surface area contributed by atoms with Crippen LogP contribution in [0.4, 0.5) is 8.78 Å². The van der Waals surface area contributed by atoms with Crippen molar-refractivity contribution in [2.75, 3.05) is 6.54 Å². The van der Waals surface area contributed by atoms with Crippen LogP contribution < -0.4 is 5.32 Å². The standard InChI is InChI=1S/C14H12Cl2F2N2O2/c1-20-11(5-8(15)13(20)16)14(22)19-6-12(21)7-2-3-9(17)10(18)4-7/h2-5,12,21H,6H2,1H3,(H,19,22). The number of carbonyl (C=O) groups is 1. The Labute approximate surface area is 135 Å². The molecule has 0 spiro atoms. The zero-order valence-electron chi connectivity index (χ0n) is 11.4. The van der Waals surface area contributed by atoms with E-state index in [0.717, 1.165) is 12.1 Å². The van der Waals surface area contributed by atoms with Gasteiger partial charge in [0.25, 0.3) is 5.91 Å². The van der Waals surface area contributed by atoms with Crippen LogP contribution in [0.2, 0.25) is 10.2 Å². The van der Waals surface area contributed by atoms with E-state index in [2.05, 4.69) is 5.32 Å². The molecule has 0 saturated heterocycles. The van der Waals surface area contributed by atoms with E-state index < -0.39 is 23.6 Å². The summed E-state index contributed by atoms with van der Waals surface area (Å²) < 4.78 is 27.3.